The molecule has 0 unspecified atom stereocenters. The van der Waals surface area contributed by atoms with E-state index in [0.717, 1.165) is 22.1 Å². The number of benzene rings is 2. The quantitative estimate of drug-likeness (QED) is 0.630. The maximum atomic E-state index is 13.1. The van der Waals surface area contributed by atoms with E-state index in [1.807, 2.05) is 29.2 Å². The standard InChI is InChI=1S/C23H27BrN2O3S/c1-16(2)17-3-6-21(7-4-17)30(28,29)25-12-9-18(10-13-25)23(27)26-14-11-19-15-20(24)5-8-22(19)26/h3-8,15-16,18H,9-14H2,1-2H3. The van der Waals surface area contributed by atoms with Crippen LogP contribution < -0.4 is 4.90 Å². The maximum Gasteiger partial charge on any atom is 0.243 e. The van der Waals surface area contributed by atoms with Crippen LogP contribution in [0.25, 0.3) is 0 Å². The molecular formula is C23H27BrN2O3S. The van der Waals surface area contributed by atoms with E-state index in [-0.39, 0.29) is 11.8 Å². The summed E-state index contributed by atoms with van der Waals surface area (Å²) in [7, 11) is -3.52. The molecule has 1 fully saturated rings. The van der Waals surface area contributed by atoms with Crippen molar-refractivity contribution in [1.29, 1.82) is 0 Å². The molecular weight excluding hydrogens is 464 g/mol. The van der Waals surface area contributed by atoms with Crippen LogP contribution in [0.3, 0.4) is 0 Å². The van der Waals surface area contributed by atoms with Crippen LogP contribution in [0, 0.1) is 5.92 Å². The number of fused-ring (bicyclic) bond motifs is 1. The van der Waals surface area contributed by atoms with Gasteiger partial charge in [0.15, 0.2) is 0 Å². The highest BCUT2D eigenvalue weighted by Gasteiger charge is 2.35. The molecule has 7 heteroatoms. The van der Waals surface area contributed by atoms with Gasteiger partial charge in [0, 0.05) is 35.7 Å². The van der Waals surface area contributed by atoms with Gasteiger partial charge in [-0.15, -0.1) is 0 Å². The van der Waals surface area contributed by atoms with Crippen molar-refractivity contribution < 1.29 is 13.2 Å². The number of piperidine rings is 1. The number of carbonyl (C=O) groups excluding carboxylic acids is 1. The van der Waals surface area contributed by atoms with Crippen molar-refractivity contribution in [1.82, 2.24) is 4.31 Å². The van der Waals surface area contributed by atoms with Gasteiger partial charge in [-0.2, -0.15) is 4.31 Å². The summed E-state index contributed by atoms with van der Waals surface area (Å²) in [6.45, 7) is 5.63. The average Bonchev–Trinajstić information content (AvgIpc) is 3.16. The van der Waals surface area contributed by atoms with Crippen molar-refractivity contribution >= 4 is 37.5 Å². The Morgan fingerprint density at radius 1 is 1.03 bits per heavy atom. The molecule has 0 aromatic heterocycles. The van der Waals surface area contributed by atoms with E-state index in [9.17, 15) is 13.2 Å². The Balaban J connectivity index is 1.42. The topological polar surface area (TPSA) is 57.7 Å². The molecule has 0 spiro atoms. The third-order valence-corrected chi connectivity index (χ3v) is 8.60. The van der Waals surface area contributed by atoms with Crippen molar-refractivity contribution in [3.05, 3.63) is 58.1 Å². The molecule has 5 nitrogen and oxygen atoms in total. The summed E-state index contributed by atoms with van der Waals surface area (Å²) in [5.74, 6) is 0.351. The van der Waals surface area contributed by atoms with E-state index in [1.165, 1.54) is 9.87 Å². The molecule has 2 aromatic carbocycles. The first kappa shape index (κ1) is 21.5. The monoisotopic (exact) mass is 490 g/mol. The number of sulfonamides is 1. The van der Waals surface area contributed by atoms with Crippen molar-refractivity contribution in [2.45, 2.75) is 43.9 Å². The van der Waals surface area contributed by atoms with Crippen molar-refractivity contribution in [2.24, 2.45) is 5.92 Å². The van der Waals surface area contributed by atoms with E-state index < -0.39 is 10.0 Å². The summed E-state index contributed by atoms with van der Waals surface area (Å²) < 4.78 is 28.6. The molecule has 2 aliphatic heterocycles. The first-order chi connectivity index (χ1) is 14.3. The molecule has 1 saturated heterocycles. The van der Waals surface area contributed by atoms with Gasteiger partial charge in [0.2, 0.25) is 15.9 Å². The second-order valence-electron chi connectivity index (χ2n) is 8.42. The van der Waals surface area contributed by atoms with E-state index in [4.69, 9.17) is 0 Å². The fourth-order valence-corrected chi connectivity index (χ4v) is 6.21. The number of nitrogens with zero attached hydrogens (tertiary/aromatic N) is 2. The molecule has 2 aromatic rings. The Kier molecular flexibility index (Phi) is 6.06. The van der Waals surface area contributed by atoms with Crippen LogP contribution in [0.2, 0.25) is 0 Å². The molecule has 0 bridgehead atoms. The fraction of sp³-hybridized carbons (Fsp3) is 0.435. The number of anilines is 1. The normalized spacial score (nSPS) is 18.1. The van der Waals surface area contributed by atoms with Gasteiger partial charge in [-0.25, -0.2) is 8.42 Å². The molecule has 0 atom stereocenters. The third-order valence-electron chi connectivity index (χ3n) is 6.19. The number of halogens is 1. The van der Waals surface area contributed by atoms with Crippen LogP contribution in [-0.2, 0) is 21.2 Å². The molecule has 30 heavy (non-hydrogen) atoms. The maximum absolute atomic E-state index is 13.1. The summed E-state index contributed by atoms with van der Waals surface area (Å²) >= 11 is 3.49. The highest BCUT2D eigenvalue weighted by molar-refractivity contribution is 9.10. The van der Waals surface area contributed by atoms with Crippen LogP contribution in [0.15, 0.2) is 51.8 Å². The van der Waals surface area contributed by atoms with Gasteiger partial charge in [0.25, 0.3) is 0 Å². The Labute approximate surface area is 187 Å². The summed E-state index contributed by atoms with van der Waals surface area (Å²) in [5, 5.41) is 0. The number of amides is 1. The van der Waals surface area contributed by atoms with Crippen LogP contribution in [0.4, 0.5) is 5.69 Å². The van der Waals surface area contributed by atoms with Crippen LogP contribution in [0.5, 0.6) is 0 Å². The minimum atomic E-state index is -3.52. The molecule has 0 radical (unpaired) electrons. The predicted octanol–water partition coefficient (Wildman–Crippen LogP) is 4.56. The molecule has 2 heterocycles. The zero-order valence-corrected chi connectivity index (χ0v) is 19.7. The highest BCUT2D eigenvalue weighted by Crippen LogP contribution is 2.34. The van der Waals surface area contributed by atoms with E-state index in [1.54, 1.807) is 12.1 Å². The molecule has 0 N–H and O–H groups in total. The molecule has 4 rings (SSSR count). The molecule has 0 saturated carbocycles. The van der Waals surface area contributed by atoms with Crippen molar-refractivity contribution in [3.8, 4) is 0 Å². The third kappa shape index (κ3) is 4.07. The minimum Gasteiger partial charge on any atom is -0.312 e. The zero-order chi connectivity index (χ0) is 21.5. The highest BCUT2D eigenvalue weighted by atomic mass is 79.9. The number of hydrogen-bond acceptors (Lipinski definition) is 3. The molecule has 160 valence electrons. The summed E-state index contributed by atoms with van der Waals surface area (Å²) in [5.41, 5.74) is 3.29. The van der Waals surface area contributed by atoms with Gasteiger partial charge in [-0.3, -0.25) is 4.79 Å². The first-order valence-corrected chi connectivity index (χ1v) is 12.7. The van der Waals surface area contributed by atoms with Crippen molar-refractivity contribution in [2.75, 3.05) is 24.5 Å². The van der Waals surface area contributed by atoms with Gasteiger partial charge in [-0.05, 0) is 66.6 Å². The van der Waals surface area contributed by atoms with E-state index in [2.05, 4.69) is 35.8 Å². The minimum absolute atomic E-state index is 0.120. The molecule has 2 aliphatic rings. The average molecular weight is 491 g/mol. The lowest BCUT2D eigenvalue weighted by atomic mass is 9.96. The smallest absolute Gasteiger partial charge is 0.243 e. The van der Waals surface area contributed by atoms with Crippen LogP contribution in [0.1, 0.15) is 43.7 Å². The lowest BCUT2D eigenvalue weighted by Gasteiger charge is -2.32. The van der Waals surface area contributed by atoms with Gasteiger partial charge in [0.05, 0.1) is 4.90 Å². The lowest BCUT2D eigenvalue weighted by Crippen LogP contribution is -2.44. The molecule has 0 aliphatic carbocycles. The van der Waals surface area contributed by atoms with Gasteiger partial charge in [0.1, 0.15) is 0 Å². The Morgan fingerprint density at radius 3 is 2.33 bits per heavy atom. The van der Waals surface area contributed by atoms with Crippen LogP contribution in [-0.4, -0.2) is 38.3 Å². The zero-order valence-electron chi connectivity index (χ0n) is 17.3. The number of rotatable bonds is 4. The SMILES string of the molecule is CC(C)c1ccc(S(=O)(=O)N2CCC(C(=O)N3CCc4cc(Br)ccc43)CC2)cc1. The lowest BCUT2D eigenvalue weighted by molar-refractivity contribution is -0.123. The number of hydrogen-bond donors (Lipinski definition) is 0. The van der Waals surface area contributed by atoms with Crippen molar-refractivity contribution in [3.63, 3.8) is 0 Å². The summed E-state index contributed by atoms with van der Waals surface area (Å²) in [4.78, 5) is 15.3. The van der Waals surface area contributed by atoms with Gasteiger partial charge >= 0.3 is 0 Å². The summed E-state index contributed by atoms with van der Waals surface area (Å²) in [6, 6.07) is 13.2. The summed E-state index contributed by atoms with van der Waals surface area (Å²) in [6.07, 6.45) is 1.98. The van der Waals surface area contributed by atoms with Crippen LogP contribution >= 0.6 is 15.9 Å². The van der Waals surface area contributed by atoms with Gasteiger partial charge in [-0.1, -0.05) is 41.9 Å². The fourth-order valence-electron chi connectivity index (χ4n) is 4.34. The molecule has 1 amide bonds. The second kappa shape index (κ2) is 8.44. The second-order valence-corrected chi connectivity index (χ2v) is 11.3. The Hall–Kier alpha value is -1.70. The Morgan fingerprint density at radius 2 is 1.70 bits per heavy atom. The number of carbonyl (C=O) groups is 1. The predicted molar refractivity (Wildman–Crippen MR) is 122 cm³/mol. The Bertz CT molecular complexity index is 1040. The largest absolute Gasteiger partial charge is 0.312 e. The first-order valence-electron chi connectivity index (χ1n) is 10.5. The van der Waals surface area contributed by atoms with Gasteiger partial charge < -0.3 is 4.90 Å². The van der Waals surface area contributed by atoms with E-state index >= 15 is 0 Å². The van der Waals surface area contributed by atoms with E-state index in [0.29, 0.717) is 43.3 Å².